The van der Waals surface area contributed by atoms with Crippen LogP contribution in [-0.2, 0) is 17.8 Å². The number of hydrogen-bond donors (Lipinski definition) is 2. The van der Waals surface area contributed by atoms with E-state index < -0.39 is 0 Å². The van der Waals surface area contributed by atoms with Gasteiger partial charge in [0.25, 0.3) is 0 Å². The van der Waals surface area contributed by atoms with Gasteiger partial charge in [-0.2, -0.15) is 0 Å². The molecular weight excluding hydrogens is 292 g/mol. The number of amides is 1. The number of aromatic nitrogens is 3. The zero-order valence-corrected chi connectivity index (χ0v) is 13.8. The van der Waals surface area contributed by atoms with Crippen LogP contribution in [-0.4, -0.2) is 21.2 Å². The number of carbonyl (C=O) groups excluding carboxylic acids is 1. The summed E-state index contributed by atoms with van der Waals surface area (Å²) in [4.78, 5) is 15.7. The van der Waals surface area contributed by atoms with Crippen molar-refractivity contribution in [1.29, 1.82) is 0 Å². The van der Waals surface area contributed by atoms with Crippen LogP contribution in [0, 0.1) is 27.7 Å². The van der Waals surface area contributed by atoms with Gasteiger partial charge in [0.15, 0.2) is 0 Å². The molecule has 0 aliphatic heterocycles. The molecule has 1 aromatic carbocycles. The van der Waals surface area contributed by atoms with Gasteiger partial charge in [-0.1, -0.05) is 22.4 Å². The lowest BCUT2D eigenvalue weighted by molar-refractivity contribution is -0.120. The highest BCUT2D eigenvalue weighted by Crippen LogP contribution is 2.28. The molecule has 2 N–H and O–H groups in total. The number of hydrogen-bond acceptors (Lipinski definition) is 4. The molecule has 0 spiro atoms. The summed E-state index contributed by atoms with van der Waals surface area (Å²) in [5.74, 6) is -0.0442. The lowest BCUT2D eigenvalue weighted by Crippen LogP contribution is -2.25. The molecule has 6 nitrogen and oxygen atoms in total. The second-order valence-electron chi connectivity index (χ2n) is 5.93. The fraction of sp³-hybridized carbons (Fsp3) is 0.353. The van der Waals surface area contributed by atoms with E-state index in [2.05, 4.69) is 51.2 Å². The van der Waals surface area contributed by atoms with Gasteiger partial charge in [-0.25, -0.2) is 4.63 Å². The summed E-state index contributed by atoms with van der Waals surface area (Å²) in [7, 11) is 0. The molecule has 0 saturated carbocycles. The maximum Gasteiger partial charge on any atom is 0.224 e. The first kappa shape index (κ1) is 15.3. The largest absolute Gasteiger partial charge is 0.358 e. The minimum atomic E-state index is -0.0442. The van der Waals surface area contributed by atoms with Crippen molar-refractivity contribution in [2.24, 2.45) is 0 Å². The summed E-state index contributed by atoms with van der Waals surface area (Å²) < 4.78 is 4.63. The molecule has 0 bridgehead atoms. The predicted molar refractivity (Wildman–Crippen MR) is 87.1 cm³/mol. The van der Waals surface area contributed by atoms with E-state index in [-0.39, 0.29) is 5.91 Å². The van der Waals surface area contributed by atoms with E-state index in [0.717, 1.165) is 22.2 Å². The maximum absolute atomic E-state index is 12.3. The Morgan fingerprint density at radius 3 is 2.61 bits per heavy atom. The number of nitrogens with one attached hydrogen (secondary N) is 2. The Hall–Kier alpha value is -2.63. The molecule has 2 aromatic heterocycles. The quantitative estimate of drug-likeness (QED) is 0.775. The monoisotopic (exact) mass is 312 g/mol. The van der Waals surface area contributed by atoms with Crippen LogP contribution in [0.4, 0.5) is 0 Å². The average Bonchev–Trinajstić information content (AvgIpc) is 3.06. The van der Waals surface area contributed by atoms with Gasteiger partial charge in [0, 0.05) is 16.6 Å². The Morgan fingerprint density at radius 1 is 1.17 bits per heavy atom. The fourth-order valence-electron chi connectivity index (χ4n) is 2.85. The standard InChI is InChI=1S/C17H20N4O2/c1-9-5-6-10(2)17-16(9)13(11(3)19-17)7-15(22)18-8-14-12(4)20-23-21-14/h5-6,19H,7-8H2,1-4H3,(H,18,22). The highest BCUT2D eigenvalue weighted by atomic mass is 16.6. The molecule has 0 unspecified atom stereocenters. The van der Waals surface area contributed by atoms with Crippen molar-refractivity contribution in [2.75, 3.05) is 0 Å². The van der Waals surface area contributed by atoms with Crippen LogP contribution in [0.1, 0.15) is 33.8 Å². The highest BCUT2D eigenvalue weighted by Gasteiger charge is 2.16. The zero-order valence-electron chi connectivity index (χ0n) is 13.8. The maximum atomic E-state index is 12.3. The lowest BCUT2D eigenvalue weighted by Gasteiger charge is -2.06. The molecule has 6 heteroatoms. The molecule has 3 rings (SSSR count). The van der Waals surface area contributed by atoms with Crippen LogP contribution in [0.5, 0.6) is 0 Å². The third-order valence-electron chi connectivity index (χ3n) is 4.23. The van der Waals surface area contributed by atoms with Gasteiger partial charge in [-0.05, 0) is 44.4 Å². The summed E-state index contributed by atoms with van der Waals surface area (Å²) in [6.07, 6.45) is 0.334. The Balaban J connectivity index is 1.81. The van der Waals surface area contributed by atoms with Gasteiger partial charge in [0.05, 0.1) is 13.0 Å². The van der Waals surface area contributed by atoms with Crippen molar-refractivity contribution < 1.29 is 9.42 Å². The van der Waals surface area contributed by atoms with Crippen LogP contribution in [0.3, 0.4) is 0 Å². The Labute approximate surface area is 134 Å². The van der Waals surface area contributed by atoms with E-state index in [1.165, 1.54) is 11.1 Å². The third-order valence-corrected chi connectivity index (χ3v) is 4.23. The van der Waals surface area contributed by atoms with Crippen molar-refractivity contribution in [3.8, 4) is 0 Å². The van der Waals surface area contributed by atoms with E-state index in [9.17, 15) is 4.79 Å². The predicted octanol–water partition coefficient (Wildman–Crippen LogP) is 2.64. The molecule has 0 radical (unpaired) electrons. The number of rotatable bonds is 4. The molecule has 120 valence electrons. The van der Waals surface area contributed by atoms with Crippen molar-refractivity contribution in [3.63, 3.8) is 0 Å². The van der Waals surface area contributed by atoms with Crippen LogP contribution in [0.15, 0.2) is 16.8 Å². The first-order valence-corrected chi connectivity index (χ1v) is 7.59. The number of aromatic amines is 1. The van der Waals surface area contributed by atoms with Gasteiger partial charge in [-0.3, -0.25) is 4.79 Å². The normalized spacial score (nSPS) is 11.1. The molecule has 3 aromatic rings. The molecule has 0 fully saturated rings. The number of H-pyrrole nitrogens is 1. The average molecular weight is 312 g/mol. The Bertz CT molecular complexity index is 876. The Morgan fingerprint density at radius 2 is 1.91 bits per heavy atom. The number of fused-ring (bicyclic) bond motifs is 1. The second-order valence-corrected chi connectivity index (χ2v) is 5.93. The van der Waals surface area contributed by atoms with Crippen molar-refractivity contribution >= 4 is 16.8 Å². The van der Waals surface area contributed by atoms with Gasteiger partial charge in [0.1, 0.15) is 11.4 Å². The van der Waals surface area contributed by atoms with Crippen LogP contribution >= 0.6 is 0 Å². The summed E-state index contributed by atoms with van der Waals surface area (Å²) in [5, 5.41) is 11.5. The number of benzene rings is 1. The van der Waals surface area contributed by atoms with Crippen LogP contribution in [0.2, 0.25) is 0 Å². The van der Waals surface area contributed by atoms with E-state index in [1.807, 2.05) is 6.92 Å². The SMILES string of the molecule is Cc1nonc1CNC(=O)Cc1c(C)[nH]c2c(C)ccc(C)c12. The molecule has 0 saturated heterocycles. The van der Waals surface area contributed by atoms with Gasteiger partial charge >= 0.3 is 0 Å². The fourth-order valence-corrected chi connectivity index (χ4v) is 2.85. The molecule has 0 aliphatic rings. The van der Waals surface area contributed by atoms with Crippen molar-refractivity contribution in [1.82, 2.24) is 20.6 Å². The van der Waals surface area contributed by atoms with Crippen LogP contribution in [0.25, 0.3) is 10.9 Å². The number of aryl methyl sites for hydroxylation is 4. The van der Waals surface area contributed by atoms with Gasteiger partial charge in [0.2, 0.25) is 5.91 Å². The first-order chi connectivity index (χ1) is 11.0. The smallest absolute Gasteiger partial charge is 0.224 e. The summed E-state index contributed by atoms with van der Waals surface area (Å²) in [6, 6.07) is 4.19. The minimum Gasteiger partial charge on any atom is -0.358 e. The highest BCUT2D eigenvalue weighted by molar-refractivity contribution is 5.93. The third kappa shape index (κ3) is 2.84. The topological polar surface area (TPSA) is 83.8 Å². The Kier molecular flexibility index (Phi) is 3.90. The van der Waals surface area contributed by atoms with E-state index >= 15 is 0 Å². The molecule has 1 amide bonds. The lowest BCUT2D eigenvalue weighted by atomic mass is 10.0. The van der Waals surface area contributed by atoms with E-state index in [4.69, 9.17) is 0 Å². The minimum absolute atomic E-state index is 0.0442. The second kappa shape index (κ2) is 5.87. The van der Waals surface area contributed by atoms with Gasteiger partial charge < -0.3 is 10.3 Å². The molecule has 0 aliphatic carbocycles. The van der Waals surface area contributed by atoms with Crippen molar-refractivity contribution in [2.45, 2.75) is 40.7 Å². The number of carbonyl (C=O) groups is 1. The first-order valence-electron chi connectivity index (χ1n) is 7.59. The van der Waals surface area contributed by atoms with E-state index in [1.54, 1.807) is 6.92 Å². The summed E-state index contributed by atoms with van der Waals surface area (Å²) in [6.45, 7) is 8.28. The number of nitrogens with zero attached hydrogens (tertiary/aromatic N) is 2. The summed E-state index contributed by atoms with van der Waals surface area (Å²) >= 11 is 0. The summed E-state index contributed by atoms with van der Waals surface area (Å²) in [5.41, 5.74) is 6.90. The molecular formula is C17H20N4O2. The van der Waals surface area contributed by atoms with Gasteiger partial charge in [-0.15, -0.1) is 0 Å². The van der Waals surface area contributed by atoms with Crippen molar-refractivity contribution in [3.05, 3.63) is 45.9 Å². The van der Waals surface area contributed by atoms with Crippen LogP contribution < -0.4 is 5.32 Å². The van der Waals surface area contributed by atoms with E-state index in [0.29, 0.717) is 24.4 Å². The molecule has 2 heterocycles. The molecule has 0 atom stereocenters. The zero-order chi connectivity index (χ0) is 16.6. The molecule has 23 heavy (non-hydrogen) atoms.